The molecule has 1 N–H and O–H groups in total. The third-order valence-corrected chi connectivity index (χ3v) is 5.60. The van der Waals surface area contributed by atoms with Gasteiger partial charge in [0, 0.05) is 33.0 Å². The molecular formula is C20H28N2O2. The van der Waals surface area contributed by atoms with E-state index in [1.165, 1.54) is 11.1 Å². The standard InChI is InChI=1S/C20H28N2O2/c1-15(23)22-12-9-16(10-13-22)6-7-20(24)19-14-21-11-8-17-4-2-3-5-18(17)19/h2-5,16,19,21H,6-14H2,1H3. The number of likely N-dealkylation sites (tertiary alicyclic amines) is 1. The largest absolute Gasteiger partial charge is 0.343 e. The minimum absolute atomic E-state index is 0.000934. The Morgan fingerprint density at radius 2 is 1.96 bits per heavy atom. The van der Waals surface area contributed by atoms with Crippen LogP contribution in [-0.2, 0) is 16.0 Å². The lowest BCUT2D eigenvalue weighted by Gasteiger charge is -2.31. The molecule has 130 valence electrons. The van der Waals surface area contributed by atoms with Gasteiger partial charge in [-0.3, -0.25) is 9.59 Å². The SMILES string of the molecule is CC(=O)N1CCC(CCC(=O)C2CNCCc3ccccc32)CC1. The van der Waals surface area contributed by atoms with Gasteiger partial charge in [0.15, 0.2) is 0 Å². The van der Waals surface area contributed by atoms with Crippen LogP contribution in [-0.4, -0.2) is 42.8 Å². The van der Waals surface area contributed by atoms with Crippen molar-refractivity contribution in [2.75, 3.05) is 26.2 Å². The van der Waals surface area contributed by atoms with Gasteiger partial charge in [-0.1, -0.05) is 24.3 Å². The van der Waals surface area contributed by atoms with Crippen LogP contribution in [0.15, 0.2) is 24.3 Å². The molecule has 1 atom stereocenters. The lowest BCUT2D eigenvalue weighted by atomic mass is 9.85. The van der Waals surface area contributed by atoms with Crippen LogP contribution in [0.2, 0.25) is 0 Å². The van der Waals surface area contributed by atoms with Crippen molar-refractivity contribution in [2.24, 2.45) is 5.92 Å². The van der Waals surface area contributed by atoms with E-state index in [1.54, 1.807) is 6.92 Å². The maximum Gasteiger partial charge on any atom is 0.219 e. The Labute approximate surface area is 144 Å². The van der Waals surface area contributed by atoms with E-state index in [2.05, 4.69) is 23.5 Å². The van der Waals surface area contributed by atoms with Gasteiger partial charge in [-0.05, 0) is 49.3 Å². The Morgan fingerprint density at radius 1 is 1.21 bits per heavy atom. The number of fused-ring (bicyclic) bond motifs is 1. The van der Waals surface area contributed by atoms with Gasteiger partial charge >= 0.3 is 0 Å². The first-order chi connectivity index (χ1) is 11.6. The maximum absolute atomic E-state index is 12.8. The molecule has 1 aromatic rings. The average molecular weight is 328 g/mol. The topological polar surface area (TPSA) is 49.4 Å². The summed E-state index contributed by atoms with van der Waals surface area (Å²) >= 11 is 0. The second kappa shape index (κ2) is 7.93. The van der Waals surface area contributed by atoms with Gasteiger partial charge in [0.25, 0.3) is 0 Å². The smallest absolute Gasteiger partial charge is 0.219 e. The van der Waals surface area contributed by atoms with Gasteiger partial charge in [0.05, 0.1) is 5.92 Å². The zero-order valence-electron chi connectivity index (χ0n) is 14.6. The van der Waals surface area contributed by atoms with Crippen molar-refractivity contribution in [3.63, 3.8) is 0 Å². The van der Waals surface area contributed by atoms with Crippen LogP contribution in [0.25, 0.3) is 0 Å². The maximum atomic E-state index is 12.8. The third kappa shape index (κ3) is 4.04. The minimum Gasteiger partial charge on any atom is -0.343 e. The Kier molecular flexibility index (Phi) is 5.67. The van der Waals surface area contributed by atoms with Gasteiger partial charge in [0.2, 0.25) is 5.91 Å². The van der Waals surface area contributed by atoms with E-state index >= 15 is 0 Å². The van der Waals surface area contributed by atoms with Gasteiger partial charge in [-0.2, -0.15) is 0 Å². The van der Waals surface area contributed by atoms with E-state index in [1.807, 2.05) is 11.0 Å². The first kappa shape index (κ1) is 17.2. The van der Waals surface area contributed by atoms with Crippen LogP contribution >= 0.6 is 0 Å². The summed E-state index contributed by atoms with van der Waals surface area (Å²) in [5.74, 6) is 1.12. The highest BCUT2D eigenvalue weighted by molar-refractivity contribution is 5.86. The molecule has 0 aliphatic carbocycles. The van der Waals surface area contributed by atoms with Crippen LogP contribution in [0.5, 0.6) is 0 Å². The molecule has 0 aromatic heterocycles. The van der Waals surface area contributed by atoms with Crippen molar-refractivity contribution >= 4 is 11.7 Å². The molecule has 1 unspecified atom stereocenters. The molecule has 24 heavy (non-hydrogen) atoms. The number of nitrogens with zero attached hydrogens (tertiary/aromatic N) is 1. The molecule has 0 radical (unpaired) electrons. The molecule has 1 fully saturated rings. The number of carbonyl (C=O) groups is 2. The van der Waals surface area contributed by atoms with Crippen molar-refractivity contribution in [1.29, 1.82) is 0 Å². The van der Waals surface area contributed by atoms with Crippen LogP contribution in [0.3, 0.4) is 0 Å². The van der Waals surface area contributed by atoms with E-state index in [0.29, 0.717) is 18.1 Å². The molecule has 1 amide bonds. The van der Waals surface area contributed by atoms with Crippen molar-refractivity contribution in [1.82, 2.24) is 10.2 Å². The van der Waals surface area contributed by atoms with Crippen molar-refractivity contribution in [3.8, 4) is 0 Å². The normalized spacial score (nSPS) is 21.9. The number of ketones is 1. The molecule has 3 rings (SSSR count). The van der Waals surface area contributed by atoms with E-state index in [-0.39, 0.29) is 11.8 Å². The lowest BCUT2D eigenvalue weighted by molar-refractivity contribution is -0.130. The number of rotatable bonds is 4. The van der Waals surface area contributed by atoms with Crippen molar-refractivity contribution in [2.45, 2.75) is 44.9 Å². The molecule has 4 nitrogen and oxygen atoms in total. The number of carbonyl (C=O) groups excluding carboxylic acids is 2. The molecule has 4 heteroatoms. The molecule has 0 saturated carbocycles. The van der Waals surface area contributed by atoms with Gasteiger partial charge < -0.3 is 10.2 Å². The summed E-state index contributed by atoms with van der Waals surface area (Å²) in [6, 6.07) is 8.38. The predicted molar refractivity (Wildman–Crippen MR) is 95.0 cm³/mol. The van der Waals surface area contributed by atoms with E-state index in [4.69, 9.17) is 0 Å². The number of hydrogen-bond acceptors (Lipinski definition) is 3. The second-order valence-electron chi connectivity index (χ2n) is 7.16. The molecule has 1 saturated heterocycles. The second-order valence-corrected chi connectivity index (χ2v) is 7.16. The van der Waals surface area contributed by atoms with E-state index in [9.17, 15) is 9.59 Å². The van der Waals surface area contributed by atoms with Crippen LogP contribution in [0.4, 0.5) is 0 Å². The number of Topliss-reactive ketones (excluding diaryl/α,β-unsaturated/α-hetero) is 1. The van der Waals surface area contributed by atoms with Crippen molar-refractivity contribution < 1.29 is 9.59 Å². The summed E-state index contributed by atoms with van der Waals surface area (Å²) in [7, 11) is 0. The number of amides is 1. The summed E-state index contributed by atoms with van der Waals surface area (Å²) in [6.07, 6.45) is 4.69. The van der Waals surface area contributed by atoms with E-state index < -0.39 is 0 Å². The molecule has 2 heterocycles. The van der Waals surface area contributed by atoms with Gasteiger partial charge in [0.1, 0.15) is 5.78 Å². The quantitative estimate of drug-likeness (QED) is 0.924. The number of nitrogens with one attached hydrogen (secondary N) is 1. The van der Waals surface area contributed by atoms with Gasteiger partial charge in [-0.25, -0.2) is 0 Å². The summed E-state index contributed by atoms with van der Waals surface area (Å²) in [4.78, 5) is 26.1. The average Bonchev–Trinajstić information content (AvgIpc) is 2.82. The molecule has 2 aliphatic rings. The Balaban J connectivity index is 1.55. The monoisotopic (exact) mass is 328 g/mol. The fraction of sp³-hybridized carbons (Fsp3) is 0.600. The highest BCUT2D eigenvalue weighted by Crippen LogP contribution is 2.27. The highest BCUT2D eigenvalue weighted by atomic mass is 16.2. The van der Waals surface area contributed by atoms with Crippen molar-refractivity contribution in [3.05, 3.63) is 35.4 Å². The van der Waals surface area contributed by atoms with Crippen LogP contribution in [0.1, 0.15) is 49.7 Å². The first-order valence-electron chi connectivity index (χ1n) is 9.22. The zero-order chi connectivity index (χ0) is 16.9. The fourth-order valence-corrected chi connectivity index (χ4v) is 4.03. The predicted octanol–water partition coefficient (Wildman–Crippen LogP) is 2.52. The Bertz CT molecular complexity index is 591. The van der Waals surface area contributed by atoms with Crippen LogP contribution in [0, 0.1) is 5.92 Å². The first-order valence-corrected chi connectivity index (χ1v) is 9.22. The lowest BCUT2D eigenvalue weighted by Crippen LogP contribution is -2.37. The number of benzene rings is 1. The summed E-state index contributed by atoms with van der Waals surface area (Å²) in [5, 5.41) is 3.42. The minimum atomic E-state index is 0.000934. The molecule has 1 aromatic carbocycles. The van der Waals surface area contributed by atoms with E-state index in [0.717, 1.165) is 51.9 Å². The zero-order valence-corrected chi connectivity index (χ0v) is 14.6. The number of piperidine rings is 1. The summed E-state index contributed by atoms with van der Waals surface area (Å²) in [5.41, 5.74) is 2.54. The Morgan fingerprint density at radius 3 is 2.71 bits per heavy atom. The summed E-state index contributed by atoms with van der Waals surface area (Å²) in [6.45, 7) is 5.05. The fourth-order valence-electron chi connectivity index (χ4n) is 4.03. The third-order valence-electron chi connectivity index (χ3n) is 5.60. The molecule has 0 spiro atoms. The highest BCUT2D eigenvalue weighted by Gasteiger charge is 2.26. The van der Waals surface area contributed by atoms with Gasteiger partial charge in [-0.15, -0.1) is 0 Å². The number of hydrogen-bond donors (Lipinski definition) is 1. The molecule has 2 aliphatic heterocycles. The Hall–Kier alpha value is -1.68. The van der Waals surface area contributed by atoms with Crippen LogP contribution < -0.4 is 5.32 Å². The molecular weight excluding hydrogens is 300 g/mol. The summed E-state index contributed by atoms with van der Waals surface area (Å²) < 4.78 is 0. The molecule has 0 bridgehead atoms.